The second kappa shape index (κ2) is 5.75. The van der Waals surface area contributed by atoms with E-state index in [1.54, 1.807) is 5.56 Å². The minimum atomic E-state index is 0.724. The number of halogens is 1. The van der Waals surface area contributed by atoms with Gasteiger partial charge in [-0.3, -0.25) is 0 Å². The van der Waals surface area contributed by atoms with E-state index in [-0.39, 0.29) is 0 Å². The normalized spacial score (nSPS) is 25.5. The first-order valence-corrected chi connectivity index (χ1v) is 8.14. The molecule has 1 saturated carbocycles. The largest absolute Gasteiger partial charge is 0.316 e. The molecule has 1 aliphatic heterocycles. The summed E-state index contributed by atoms with van der Waals surface area (Å²) >= 11 is 3.81. The van der Waals surface area contributed by atoms with Crippen LogP contribution in [-0.2, 0) is 0 Å². The summed E-state index contributed by atoms with van der Waals surface area (Å²) in [6.45, 7) is 2.32. The SMILES string of the molecule is Brc1cc(C2CCNC2)ccc1C1CCCCC1. The Kier molecular flexibility index (Phi) is 4.05. The van der Waals surface area contributed by atoms with Gasteiger partial charge in [-0.2, -0.15) is 0 Å². The average molecular weight is 308 g/mol. The standard InChI is InChI=1S/C16H22BrN/c17-16-10-13(14-8-9-18-11-14)6-7-15(16)12-4-2-1-3-5-12/h6-7,10,12,14,18H,1-5,8-9,11H2. The van der Waals surface area contributed by atoms with Crippen molar-refractivity contribution in [2.45, 2.75) is 50.4 Å². The van der Waals surface area contributed by atoms with E-state index in [9.17, 15) is 0 Å². The summed E-state index contributed by atoms with van der Waals surface area (Å²) in [5.41, 5.74) is 3.05. The first kappa shape index (κ1) is 12.7. The van der Waals surface area contributed by atoms with Gasteiger partial charge in [0.15, 0.2) is 0 Å². The molecule has 1 unspecified atom stereocenters. The zero-order valence-electron chi connectivity index (χ0n) is 10.9. The summed E-state index contributed by atoms with van der Waals surface area (Å²) in [5.74, 6) is 1.52. The first-order valence-electron chi connectivity index (χ1n) is 7.34. The van der Waals surface area contributed by atoms with Crippen LogP contribution in [0.5, 0.6) is 0 Å². The lowest BCUT2D eigenvalue weighted by molar-refractivity contribution is 0.442. The molecule has 1 aromatic rings. The monoisotopic (exact) mass is 307 g/mol. The Balaban J connectivity index is 1.79. The molecule has 3 rings (SSSR count). The van der Waals surface area contributed by atoms with Crippen molar-refractivity contribution in [3.05, 3.63) is 33.8 Å². The van der Waals surface area contributed by atoms with Crippen molar-refractivity contribution in [2.24, 2.45) is 0 Å². The minimum Gasteiger partial charge on any atom is -0.316 e. The van der Waals surface area contributed by atoms with Crippen LogP contribution in [0.3, 0.4) is 0 Å². The fourth-order valence-corrected chi connectivity index (χ4v) is 4.20. The zero-order valence-corrected chi connectivity index (χ0v) is 12.5. The van der Waals surface area contributed by atoms with Gasteiger partial charge < -0.3 is 5.32 Å². The molecular formula is C16H22BrN. The maximum absolute atomic E-state index is 3.81. The van der Waals surface area contributed by atoms with Gasteiger partial charge in [-0.15, -0.1) is 0 Å². The van der Waals surface area contributed by atoms with Crippen LogP contribution in [0.1, 0.15) is 61.5 Å². The Labute approximate surface area is 118 Å². The smallest absolute Gasteiger partial charge is 0.0212 e. The van der Waals surface area contributed by atoms with Crippen molar-refractivity contribution >= 4 is 15.9 Å². The third kappa shape index (κ3) is 2.65. The van der Waals surface area contributed by atoms with Crippen molar-refractivity contribution in [1.82, 2.24) is 5.32 Å². The van der Waals surface area contributed by atoms with Crippen LogP contribution in [0, 0.1) is 0 Å². The van der Waals surface area contributed by atoms with E-state index < -0.39 is 0 Å². The molecule has 1 nitrogen and oxygen atoms in total. The van der Waals surface area contributed by atoms with Gasteiger partial charge in [0.25, 0.3) is 0 Å². The van der Waals surface area contributed by atoms with Crippen LogP contribution in [0.15, 0.2) is 22.7 Å². The number of hydrogen-bond acceptors (Lipinski definition) is 1. The summed E-state index contributed by atoms with van der Waals surface area (Å²) in [6.07, 6.45) is 8.29. The Morgan fingerprint density at radius 1 is 1.00 bits per heavy atom. The molecule has 98 valence electrons. The lowest BCUT2D eigenvalue weighted by Gasteiger charge is -2.23. The van der Waals surface area contributed by atoms with Crippen LogP contribution < -0.4 is 5.32 Å². The summed E-state index contributed by atoms with van der Waals surface area (Å²) < 4.78 is 1.35. The van der Waals surface area contributed by atoms with E-state index in [1.165, 1.54) is 55.1 Å². The molecule has 1 N–H and O–H groups in total. The third-order valence-electron chi connectivity index (χ3n) is 4.60. The molecule has 2 fully saturated rings. The van der Waals surface area contributed by atoms with Crippen molar-refractivity contribution in [3.63, 3.8) is 0 Å². The Morgan fingerprint density at radius 3 is 2.50 bits per heavy atom. The molecule has 0 bridgehead atoms. The highest BCUT2D eigenvalue weighted by Gasteiger charge is 2.20. The maximum atomic E-state index is 3.81. The number of nitrogens with one attached hydrogen (secondary N) is 1. The molecule has 1 saturated heterocycles. The van der Waals surface area contributed by atoms with Gasteiger partial charge in [0, 0.05) is 11.0 Å². The van der Waals surface area contributed by atoms with Gasteiger partial charge >= 0.3 is 0 Å². The van der Waals surface area contributed by atoms with Crippen LogP contribution in [0.2, 0.25) is 0 Å². The van der Waals surface area contributed by atoms with Gasteiger partial charge in [-0.25, -0.2) is 0 Å². The Hall–Kier alpha value is -0.340. The van der Waals surface area contributed by atoms with Gasteiger partial charge in [0.2, 0.25) is 0 Å². The predicted octanol–water partition coefficient (Wildman–Crippen LogP) is 4.57. The van der Waals surface area contributed by atoms with Crippen molar-refractivity contribution < 1.29 is 0 Å². The average Bonchev–Trinajstić information content (AvgIpc) is 2.93. The number of rotatable bonds is 2. The summed E-state index contributed by atoms with van der Waals surface area (Å²) in [5, 5.41) is 3.45. The molecule has 0 amide bonds. The minimum absolute atomic E-state index is 0.724. The maximum Gasteiger partial charge on any atom is 0.0212 e. The number of hydrogen-bond donors (Lipinski definition) is 1. The number of benzene rings is 1. The van der Waals surface area contributed by atoms with E-state index in [4.69, 9.17) is 0 Å². The summed E-state index contributed by atoms with van der Waals surface area (Å²) in [6, 6.07) is 7.13. The highest BCUT2D eigenvalue weighted by atomic mass is 79.9. The molecule has 0 aromatic heterocycles. The highest BCUT2D eigenvalue weighted by Crippen LogP contribution is 2.37. The fraction of sp³-hybridized carbons (Fsp3) is 0.625. The first-order chi connectivity index (χ1) is 8.84. The summed E-state index contributed by atoms with van der Waals surface area (Å²) in [4.78, 5) is 0. The van der Waals surface area contributed by atoms with E-state index in [0.29, 0.717) is 0 Å². The molecule has 2 heteroatoms. The van der Waals surface area contributed by atoms with E-state index in [2.05, 4.69) is 39.4 Å². The topological polar surface area (TPSA) is 12.0 Å². The van der Waals surface area contributed by atoms with Crippen LogP contribution in [0.4, 0.5) is 0 Å². The second-order valence-corrected chi connectivity index (χ2v) is 6.66. The summed E-state index contributed by atoms with van der Waals surface area (Å²) in [7, 11) is 0. The Bertz CT molecular complexity index is 404. The fourth-order valence-electron chi connectivity index (χ4n) is 3.48. The van der Waals surface area contributed by atoms with E-state index >= 15 is 0 Å². The zero-order chi connectivity index (χ0) is 12.4. The lowest BCUT2D eigenvalue weighted by atomic mass is 9.83. The molecule has 2 aliphatic rings. The second-order valence-electron chi connectivity index (χ2n) is 5.81. The van der Waals surface area contributed by atoms with Gasteiger partial charge in [-0.1, -0.05) is 47.3 Å². The van der Waals surface area contributed by atoms with Gasteiger partial charge in [0.1, 0.15) is 0 Å². The highest BCUT2D eigenvalue weighted by molar-refractivity contribution is 9.10. The van der Waals surface area contributed by atoms with Gasteiger partial charge in [-0.05, 0) is 54.8 Å². The van der Waals surface area contributed by atoms with Gasteiger partial charge in [0.05, 0.1) is 0 Å². The van der Waals surface area contributed by atoms with Crippen molar-refractivity contribution in [1.29, 1.82) is 0 Å². The molecule has 0 radical (unpaired) electrons. The van der Waals surface area contributed by atoms with Crippen molar-refractivity contribution in [2.75, 3.05) is 13.1 Å². The molecule has 1 atom stereocenters. The van der Waals surface area contributed by atoms with Crippen molar-refractivity contribution in [3.8, 4) is 0 Å². The molecule has 18 heavy (non-hydrogen) atoms. The van der Waals surface area contributed by atoms with E-state index in [1.807, 2.05) is 0 Å². The quantitative estimate of drug-likeness (QED) is 0.843. The van der Waals surface area contributed by atoms with E-state index in [0.717, 1.165) is 18.4 Å². The van der Waals surface area contributed by atoms with Crippen LogP contribution >= 0.6 is 15.9 Å². The predicted molar refractivity (Wildman–Crippen MR) is 80.2 cm³/mol. The molecule has 1 aliphatic carbocycles. The molecular weight excluding hydrogens is 286 g/mol. The Morgan fingerprint density at radius 2 is 1.83 bits per heavy atom. The molecule has 1 aromatic carbocycles. The van der Waals surface area contributed by atoms with Crippen LogP contribution in [-0.4, -0.2) is 13.1 Å². The molecule has 0 spiro atoms. The molecule has 1 heterocycles. The van der Waals surface area contributed by atoms with Crippen LogP contribution in [0.25, 0.3) is 0 Å². The third-order valence-corrected chi connectivity index (χ3v) is 5.29. The lowest BCUT2D eigenvalue weighted by Crippen LogP contribution is -2.09.